The molecule has 3 heteroatoms. The van der Waals surface area contributed by atoms with Gasteiger partial charge in [0.25, 0.3) is 0 Å². The average Bonchev–Trinajstić information content (AvgIpc) is 2.39. The molecule has 21 heavy (non-hydrogen) atoms. The molecule has 0 aliphatic carbocycles. The molecule has 0 saturated heterocycles. The Morgan fingerprint density at radius 2 is 1.67 bits per heavy atom. The number of nitrogens with one attached hydrogen (secondary N) is 1. The number of aryl methyl sites for hydroxylation is 3. The van der Waals surface area contributed by atoms with Crippen LogP contribution in [-0.4, -0.2) is 6.04 Å². The molecule has 1 unspecified atom stereocenters. The van der Waals surface area contributed by atoms with Gasteiger partial charge in [0, 0.05) is 6.04 Å². The van der Waals surface area contributed by atoms with Gasteiger partial charge in [-0.15, -0.1) is 0 Å². The molecule has 0 aliphatic rings. The Hall–Kier alpha value is -1.71. The Balaban J connectivity index is 2.12. The molecule has 0 radical (unpaired) electrons. The van der Waals surface area contributed by atoms with Crippen molar-refractivity contribution < 1.29 is 4.39 Å². The molecule has 2 nitrogen and oxygen atoms in total. The highest BCUT2D eigenvalue weighted by Crippen LogP contribution is 2.16. The fourth-order valence-corrected chi connectivity index (χ4v) is 2.82. The van der Waals surface area contributed by atoms with E-state index in [1.54, 1.807) is 6.07 Å². The fourth-order valence-electron chi connectivity index (χ4n) is 2.82. The number of hydrogen-bond donors (Lipinski definition) is 2. The zero-order valence-corrected chi connectivity index (χ0v) is 12.9. The van der Waals surface area contributed by atoms with Crippen molar-refractivity contribution in [1.29, 1.82) is 0 Å². The first-order chi connectivity index (χ1) is 9.97. The van der Waals surface area contributed by atoms with Gasteiger partial charge in [0.15, 0.2) is 0 Å². The number of halogens is 1. The number of nitrogens with two attached hydrogens (primary N) is 1. The molecule has 0 fully saturated rings. The van der Waals surface area contributed by atoms with E-state index >= 15 is 0 Å². The highest BCUT2D eigenvalue weighted by molar-refractivity contribution is 5.31. The van der Waals surface area contributed by atoms with E-state index in [1.807, 2.05) is 13.0 Å². The standard InChI is InChI=1S/C18H23FN2/c1-12-6-13(2)8-15(7-12)10-18(21-20)11-16-4-5-17(19)9-14(16)3/h4-9,18,21H,10-11,20H2,1-3H3. The van der Waals surface area contributed by atoms with Crippen molar-refractivity contribution in [2.24, 2.45) is 5.84 Å². The summed E-state index contributed by atoms with van der Waals surface area (Å²) in [4.78, 5) is 0. The van der Waals surface area contributed by atoms with Crippen LogP contribution in [0.25, 0.3) is 0 Å². The van der Waals surface area contributed by atoms with Gasteiger partial charge in [0.05, 0.1) is 0 Å². The molecule has 2 rings (SSSR count). The van der Waals surface area contributed by atoms with Crippen LogP contribution in [0.4, 0.5) is 4.39 Å². The van der Waals surface area contributed by atoms with Gasteiger partial charge in [-0.3, -0.25) is 11.3 Å². The summed E-state index contributed by atoms with van der Waals surface area (Å²) in [7, 11) is 0. The monoisotopic (exact) mass is 286 g/mol. The van der Waals surface area contributed by atoms with Crippen molar-refractivity contribution in [2.45, 2.75) is 39.7 Å². The SMILES string of the molecule is Cc1cc(C)cc(CC(Cc2ccc(F)cc2C)NN)c1. The Bertz CT molecular complexity index is 602. The Kier molecular flexibility index (Phi) is 5.10. The first kappa shape index (κ1) is 15.7. The minimum Gasteiger partial charge on any atom is -0.271 e. The lowest BCUT2D eigenvalue weighted by atomic mass is 9.95. The van der Waals surface area contributed by atoms with Crippen LogP contribution in [0.2, 0.25) is 0 Å². The van der Waals surface area contributed by atoms with Crippen molar-refractivity contribution in [3.05, 3.63) is 70.0 Å². The first-order valence-electron chi connectivity index (χ1n) is 7.26. The quantitative estimate of drug-likeness (QED) is 0.653. The molecule has 3 N–H and O–H groups in total. The molecular formula is C18H23FN2. The van der Waals surface area contributed by atoms with Gasteiger partial charge >= 0.3 is 0 Å². The highest BCUT2D eigenvalue weighted by Gasteiger charge is 2.11. The topological polar surface area (TPSA) is 38.0 Å². The number of benzene rings is 2. The predicted octanol–water partition coefficient (Wildman–Crippen LogP) is 3.37. The summed E-state index contributed by atoms with van der Waals surface area (Å²) in [5, 5.41) is 0. The summed E-state index contributed by atoms with van der Waals surface area (Å²) < 4.78 is 13.2. The van der Waals surface area contributed by atoms with Gasteiger partial charge < -0.3 is 0 Å². The Morgan fingerprint density at radius 1 is 1.00 bits per heavy atom. The van der Waals surface area contributed by atoms with Crippen LogP contribution in [-0.2, 0) is 12.8 Å². The van der Waals surface area contributed by atoms with Crippen LogP contribution in [0, 0.1) is 26.6 Å². The first-order valence-corrected chi connectivity index (χ1v) is 7.26. The van der Waals surface area contributed by atoms with Gasteiger partial charge in [0.2, 0.25) is 0 Å². The van der Waals surface area contributed by atoms with Crippen LogP contribution in [0.1, 0.15) is 27.8 Å². The second kappa shape index (κ2) is 6.83. The predicted molar refractivity (Wildman–Crippen MR) is 85.6 cm³/mol. The molecule has 0 aromatic heterocycles. The number of rotatable bonds is 5. The van der Waals surface area contributed by atoms with E-state index in [4.69, 9.17) is 5.84 Å². The van der Waals surface area contributed by atoms with Gasteiger partial charge in [0.1, 0.15) is 5.82 Å². The van der Waals surface area contributed by atoms with Crippen molar-refractivity contribution >= 4 is 0 Å². The molecule has 2 aromatic rings. The molecule has 112 valence electrons. The minimum atomic E-state index is -0.192. The summed E-state index contributed by atoms with van der Waals surface area (Å²) in [6.45, 7) is 6.14. The lowest BCUT2D eigenvalue weighted by Gasteiger charge is -2.18. The van der Waals surface area contributed by atoms with E-state index in [9.17, 15) is 4.39 Å². The zero-order valence-electron chi connectivity index (χ0n) is 12.9. The van der Waals surface area contributed by atoms with Gasteiger partial charge in [-0.2, -0.15) is 0 Å². The Morgan fingerprint density at radius 3 is 2.24 bits per heavy atom. The number of hydrazine groups is 1. The Labute approximate surface area is 126 Å². The van der Waals surface area contributed by atoms with E-state index in [2.05, 4.69) is 37.5 Å². The van der Waals surface area contributed by atoms with Crippen molar-refractivity contribution in [3.63, 3.8) is 0 Å². The lowest BCUT2D eigenvalue weighted by Crippen LogP contribution is -2.38. The largest absolute Gasteiger partial charge is 0.271 e. The van der Waals surface area contributed by atoms with Crippen LogP contribution in [0.5, 0.6) is 0 Å². The molecule has 0 bridgehead atoms. The highest BCUT2D eigenvalue weighted by atomic mass is 19.1. The van der Waals surface area contributed by atoms with E-state index < -0.39 is 0 Å². The summed E-state index contributed by atoms with van der Waals surface area (Å²) >= 11 is 0. The molecule has 0 saturated carbocycles. The molecule has 1 atom stereocenters. The third-order valence-electron chi connectivity index (χ3n) is 3.77. The van der Waals surface area contributed by atoms with E-state index in [0.29, 0.717) is 0 Å². The number of hydrogen-bond acceptors (Lipinski definition) is 2. The maximum Gasteiger partial charge on any atom is 0.123 e. The summed E-state index contributed by atoms with van der Waals surface area (Å²) in [6.07, 6.45) is 1.64. The smallest absolute Gasteiger partial charge is 0.123 e. The molecule has 2 aromatic carbocycles. The molecular weight excluding hydrogens is 263 g/mol. The average molecular weight is 286 g/mol. The van der Waals surface area contributed by atoms with E-state index in [-0.39, 0.29) is 11.9 Å². The van der Waals surface area contributed by atoms with Crippen molar-refractivity contribution in [1.82, 2.24) is 5.43 Å². The second-order valence-electron chi connectivity index (χ2n) is 5.84. The van der Waals surface area contributed by atoms with Crippen LogP contribution in [0.3, 0.4) is 0 Å². The van der Waals surface area contributed by atoms with Crippen molar-refractivity contribution in [2.75, 3.05) is 0 Å². The van der Waals surface area contributed by atoms with Crippen LogP contribution in [0.15, 0.2) is 36.4 Å². The zero-order chi connectivity index (χ0) is 15.4. The van der Waals surface area contributed by atoms with Gasteiger partial charge in [-0.05, 0) is 62.4 Å². The molecule has 0 heterocycles. The van der Waals surface area contributed by atoms with Crippen LogP contribution < -0.4 is 11.3 Å². The normalized spacial score (nSPS) is 12.4. The van der Waals surface area contributed by atoms with Gasteiger partial charge in [-0.25, -0.2) is 4.39 Å². The third-order valence-corrected chi connectivity index (χ3v) is 3.77. The maximum absolute atomic E-state index is 13.2. The second-order valence-corrected chi connectivity index (χ2v) is 5.84. The van der Waals surface area contributed by atoms with E-state index in [0.717, 1.165) is 24.0 Å². The van der Waals surface area contributed by atoms with E-state index in [1.165, 1.54) is 22.8 Å². The fraction of sp³-hybridized carbons (Fsp3) is 0.333. The van der Waals surface area contributed by atoms with Gasteiger partial charge in [-0.1, -0.05) is 35.4 Å². The maximum atomic E-state index is 13.2. The van der Waals surface area contributed by atoms with Crippen LogP contribution >= 0.6 is 0 Å². The summed E-state index contributed by atoms with van der Waals surface area (Å²) in [5.74, 6) is 5.51. The third kappa shape index (κ3) is 4.38. The van der Waals surface area contributed by atoms with Crippen molar-refractivity contribution in [3.8, 4) is 0 Å². The molecule has 0 aliphatic heterocycles. The molecule has 0 amide bonds. The summed E-state index contributed by atoms with van der Waals surface area (Å²) in [5.41, 5.74) is 8.78. The minimum absolute atomic E-state index is 0.135. The lowest BCUT2D eigenvalue weighted by molar-refractivity contribution is 0.520. The molecule has 0 spiro atoms. The summed E-state index contributed by atoms with van der Waals surface area (Å²) in [6, 6.07) is 11.6.